The molecule has 1 fully saturated rings. The second-order valence-corrected chi connectivity index (χ2v) is 5.40. The number of carbonyl (C=O) groups excluding carboxylic acids is 1. The van der Waals surface area contributed by atoms with Crippen LogP contribution in [0.3, 0.4) is 0 Å². The Hall–Kier alpha value is -1.40. The molecule has 2 aliphatic heterocycles. The molecule has 1 saturated heterocycles. The molecule has 0 atom stereocenters. The van der Waals surface area contributed by atoms with E-state index in [0.717, 1.165) is 51.6 Å². The number of aromatic nitrogens is 2. The van der Waals surface area contributed by atoms with E-state index >= 15 is 0 Å². The lowest BCUT2D eigenvalue weighted by molar-refractivity contribution is 0.0383. The zero-order chi connectivity index (χ0) is 13.8. The van der Waals surface area contributed by atoms with Crippen molar-refractivity contribution < 1.29 is 9.53 Å². The van der Waals surface area contributed by atoms with Gasteiger partial charge in [-0.3, -0.25) is 9.69 Å². The van der Waals surface area contributed by atoms with Crippen molar-refractivity contribution in [3.8, 4) is 0 Å². The van der Waals surface area contributed by atoms with Crippen LogP contribution in [0.25, 0.3) is 0 Å². The number of nitrogens with zero attached hydrogens (tertiary/aromatic N) is 3. The molecule has 0 spiro atoms. The van der Waals surface area contributed by atoms with Crippen molar-refractivity contribution in [1.29, 1.82) is 0 Å². The van der Waals surface area contributed by atoms with Gasteiger partial charge in [-0.05, 0) is 12.8 Å². The fourth-order valence-electron chi connectivity index (χ4n) is 2.76. The van der Waals surface area contributed by atoms with Gasteiger partial charge in [0.05, 0.1) is 13.2 Å². The topological polar surface area (TPSA) is 59.4 Å². The van der Waals surface area contributed by atoms with Crippen LogP contribution < -0.4 is 5.32 Å². The first-order chi connectivity index (χ1) is 9.83. The molecule has 3 rings (SSSR count). The summed E-state index contributed by atoms with van der Waals surface area (Å²) in [5, 5.41) is 2.96. The molecular weight excluding hydrogens is 256 g/mol. The summed E-state index contributed by atoms with van der Waals surface area (Å²) in [4.78, 5) is 18.8. The first-order valence-corrected chi connectivity index (χ1v) is 7.47. The Morgan fingerprint density at radius 2 is 2.15 bits per heavy atom. The van der Waals surface area contributed by atoms with Gasteiger partial charge in [0.15, 0.2) is 0 Å². The number of rotatable bonds is 4. The summed E-state index contributed by atoms with van der Waals surface area (Å²) in [7, 11) is 0. The molecule has 2 aliphatic rings. The normalized spacial score (nSPS) is 19.6. The van der Waals surface area contributed by atoms with E-state index in [1.165, 1.54) is 12.8 Å². The number of carbonyl (C=O) groups is 1. The molecule has 110 valence electrons. The monoisotopic (exact) mass is 278 g/mol. The highest BCUT2D eigenvalue weighted by atomic mass is 16.5. The van der Waals surface area contributed by atoms with Crippen LogP contribution in [0.1, 0.15) is 29.2 Å². The van der Waals surface area contributed by atoms with Crippen LogP contribution in [0.4, 0.5) is 0 Å². The third kappa shape index (κ3) is 3.19. The van der Waals surface area contributed by atoms with Crippen molar-refractivity contribution in [2.45, 2.75) is 25.8 Å². The summed E-state index contributed by atoms with van der Waals surface area (Å²) in [6, 6.07) is 0. The van der Waals surface area contributed by atoms with Gasteiger partial charge in [0, 0.05) is 45.3 Å². The predicted octanol–water partition coefficient (Wildman–Crippen LogP) is 0.281. The van der Waals surface area contributed by atoms with Crippen LogP contribution >= 0.6 is 0 Å². The van der Waals surface area contributed by atoms with Gasteiger partial charge in [0.1, 0.15) is 11.5 Å². The van der Waals surface area contributed by atoms with Crippen molar-refractivity contribution in [2.75, 3.05) is 39.4 Å². The summed E-state index contributed by atoms with van der Waals surface area (Å²) in [6.07, 6.45) is 5.23. The fourth-order valence-corrected chi connectivity index (χ4v) is 2.76. The molecular formula is C14H22N4O2. The number of amides is 1. The number of hydrogen-bond acceptors (Lipinski definition) is 4. The van der Waals surface area contributed by atoms with E-state index in [1.807, 2.05) is 6.20 Å². The third-order valence-corrected chi connectivity index (χ3v) is 3.96. The molecule has 0 aromatic carbocycles. The summed E-state index contributed by atoms with van der Waals surface area (Å²) < 4.78 is 7.41. The van der Waals surface area contributed by atoms with Gasteiger partial charge < -0.3 is 14.6 Å². The Bertz CT molecular complexity index is 442. The van der Waals surface area contributed by atoms with Crippen molar-refractivity contribution >= 4 is 5.91 Å². The standard InChI is InChI=1S/C14H22N4O2/c19-14(15-4-6-17-7-9-20-10-8-17)12-11-18-5-2-1-3-13(18)16-12/h11H,1-10H2,(H,15,19). The quantitative estimate of drug-likeness (QED) is 0.859. The van der Waals surface area contributed by atoms with E-state index < -0.39 is 0 Å². The molecule has 6 nitrogen and oxygen atoms in total. The maximum Gasteiger partial charge on any atom is 0.271 e. The number of imidazole rings is 1. The minimum Gasteiger partial charge on any atom is -0.379 e. The second kappa shape index (κ2) is 6.37. The Balaban J connectivity index is 1.47. The number of ether oxygens (including phenoxy) is 1. The molecule has 1 aromatic rings. The van der Waals surface area contributed by atoms with E-state index in [1.54, 1.807) is 0 Å². The molecule has 20 heavy (non-hydrogen) atoms. The summed E-state index contributed by atoms with van der Waals surface area (Å²) in [6.45, 7) is 6.03. The van der Waals surface area contributed by atoms with Crippen molar-refractivity contribution in [2.24, 2.45) is 0 Å². The number of hydrogen-bond donors (Lipinski definition) is 1. The summed E-state index contributed by atoms with van der Waals surface area (Å²) in [5.74, 6) is 0.995. The van der Waals surface area contributed by atoms with Crippen molar-refractivity contribution in [3.63, 3.8) is 0 Å². The molecule has 0 unspecified atom stereocenters. The second-order valence-electron chi connectivity index (χ2n) is 5.40. The highest BCUT2D eigenvalue weighted by Gasteiger charge is 2.17. The van der Waals surface area contributed by atoms with Gasteiger partial charge in [-0.2, -0.15) is 0 Å². The molecule has 0 aliphatic carbocycles. The Labute approximate surface area is 119 Å². The molecule has 0 bridgehead atoms. The number of fused-ring (bicyclic) bond motifs is 1. The fraction of sp³-hybridized carbons (Fsp3) is 0.714. The minimum absolute atomic E-state index is 0.0554. The van der Waals surface area contributed by atoms with Crippen LogP contribution in [0.5, 0.6) is 0 Å². The van der Waals surface area contributed by atoms with Crippen LogP contribution in [0, 0.1) is 0 Å². The molecule has 0 radical (unpaired) electrons. The van der Waals surface area contributed by atoms with Crippen LogP contribution in [0.2, 0.25) is 0 Å². The van der Waals surface area contributed by atoms with E-state index in [9.17, 15) is 4.79 Å². The lowest BCUT2D eigenvalue weighted by atomic mass is 10.2. The molecule has 1 amide bonds. The number of morpholine rings is 1. The highest BCUT2D eigenvalue weighted by Crippen LogP contribution is 2.14. The smallest absolute Gasteiger partial charge is 0.271 e. The summed E-state index contributed by atoms with van der Waals surface area (Å²) >= 11 is 0. The van der Waals surface area contributed by atoms with Gasteiger partial charge in [-0.15, -0.1) is 0 Å². The Morgan fingerprint density at radius 3 is 2.95 bits per heavy atom. The molecule has 3 heterocycles. The van der Waals surface area contributed by atoms with Crippen molar-refractivity contribution in [1.82, 2.24) is 19.8 Å². The van der Waals surface area contributed by atoms with E-state index in [-0.39, 0.29) is 5.91 Å². The maximum atomic E-state index is 12.1. The number of nitrogens with one attached hydrogen (secondary N) is 1. The zero-order valence-corrected chi connectivity index (χ0v) is 11.8. The zero-order valence-electron chi connectivity index (χ0n) is 11.8. The van der Waals surface area contributed by atoms with Gasteiger partial charge >= 0.3 is 0 Å². The van der Waals surface area contributed by atoms with E-state index in [4.69, 9.17) is 4.74 Å². The van der Waals surface area contributed by atoms with Crippen LogP contribution in [-0.2, 0) is 17.7 Å². The van der Waals surface area contributed by atoms with Crippen LogP contribution in [0.15, 0.2) is 6.20 Å². The molecule has 6 heteroatoms. The summed E-state index contributed by atoms with van der Waals surface area (Å²) in [5.41, 5.74) is 0.559. The Morgan fingerprint density at radius 1 is 1.30 bits per heavy atom. The van der Waals surface area contributed by atoms with Gasteiger partial charge in [0.2, 0.25) is 0 Å². The molecule has 0 saturated carbocycles. The predicted molar refractivity (Wildman–Crippen MR) is 74.8 cm³/mol. The lowest BCUT2D eigenvalue weighted by Gasteiger charge is -2.26. The largest absolute Gasteiger partial charge is 0.379 e. The van der Waals surface area contributed by atoms with Gasteiger partial charge in [-0.1, -0.05) is 0 Å². The first-order valence-electron chi connectivity index (χ1n) is 7.47. The minimum atomic E-state index is -0.0554. The average Bonchev–Trinajstić information content (AvgIpc) is 2.92. The SMILES string of the molecule is O=C(NCCN1CCOCC1)c1cn2c(n1)CCCC2. The number of aryl methyl sites for hydroxylation is 2. The maximum absolute atomic E-state index is 12.1. The first kappa shape index (κ1) is 13.6. The van der Waals surface area contributed by atoms with Crippen molar-refractivity contribution in [3.05, 3.63) is 17.7 Å². The molecule has 1 aromatic heterocycles. The lowest BCUT2D eigenvalue weighted by Crippen LogP contribution is -2.41. The van der Waals surface area contributed by atoms with Crippen LogP contribution in [-0.4, -0.2) is 59.8 Å². The van der Waals surface area contributed by atoms with E-state index in [2.05, 4.69) is 19.8 Å². The average molecular weight is 278 g/mol. The molecule has 1 N–H and O–H groups in total. The third-order valence-electron chi connectivity index (χ3n) is 3.96. The Kier molecular flexibility index (Phi) is 4.32. The van der Waals surface area contributed by atoms with E-state index in [0.29, 0.717) is 12.2 Å². The van der Waals surface area contributed by atoms with Gasteiger partial charge in [0.25, 0.3) is 5.91 Å². The van der Waals surface area contributed by atoms with Gasteiger partial charge in [-0.25, -0.2) is 4.98 Å². The highest BCUT2D eigenvalue weighted by molar-refractivity contribution is 5.92.